The van der Waals surface area contributed by atoms with Crippen LogP contribution in [0.1, 0.15) is 31.2 Å². The van der Waals surface area contributed by atoms with Crippen molar-refractivity contribution >= 4 is 11.6 Å². The summed E-state index contributed by atoms with van der Waals surface area (Å²) in [7, 11) is 0. The maximum atomic E-state index is 9.35. The van der Waals surface area contributed by atoms with Crippen LogP contribution in [0.4, 0.5) is 11.6 Å². The summed E-state index contributed by atoms with van der Waals surface area (Å²) in [6.45, 7) is 9.08. The Bertz CT molecular complexity index is 436. The molecule has 1 aromatic rings. The number of aromatic nitrogens is 2. The second-order valence-electron chi connectivity index (χ2n) is 5.24. The van der Waals surface area contributed by atoms with Crippen molar-refractivity contribution in [3.63, 3.8) is 0 Å². The van der Waals surface area contributed by atoms with E-state index in [1.807, 2.05) is 6.92 Å². The standard InChI is InChI=1S/C14H24N4O/c1-4-15-13-10(2)14(17-11(3)16-13)18-7-5-6-12(8-18)9-19/h12,19H,4-9H2,1-3H3,(H,15,16,17). The van der Waals surface area contributed by atoms with E-state index >= 15 is 0 Å². The third kappa shape index (κ3) is 3.15. The van der Waals surface area contributed by atoms with Crippen LogP contribution in [0.3, 0.4) is 0 Å². The lowest BCUT2D eigenvalue weighted by Crippen LogP contribution is -2.38. The molecule has 1 saturated heterocycles. The number of hydrogen-bond acceptors (Lipinski definition) is 5. The minimum Gasteiger partial charge on any atom is -0.396 e. The van der Waals surface area contributed by atoms with Crippen LogP contribution in [0.5, 0.6) is 0 Å². The summed E-state index contributed by atoms with van der Waals surface area (Å²) in [5.74, 6) is 3.10. The number of anilines is 2. The van der Waals surface area contributed by atoms with Crippen LogP contribution >= 0.6 is 0 Å². The molecule has 0 radical (unpaired) electrons. The lowest BCUT2D eigenvalue weighted by atomic mass is 9.99. The van der Waals surface area contributed by atoms with E-state index < -0.39 is 0 Å². The van der Waals surface area contributed by atoms with Gasteiger partial charge in [-0.15, -0.1) is 0 Å². The quantitative estimate of drug-likeness (QED) is 0.867. The molecule has 1 atom stereocenters. The molecule has 2 heterocycles. The largest absolute Gasteiger partial charge is 0.396 e. The zero-order valence-electron chi connectivity index (χ0n) is 12.1. The SMILES string of the molecule is CCNc1nc(C)nc(N2CCCC(CO)C2)c1C. The molecule has 0 saturated carbocycles. The maximum Gasteiger partial charge on any atom is 0.137 e. The average molecular weight is 264 g/mol. The van der Waals surface area contributed by atoms with E-state index in [1.54, 1.807) is 0 Å². The van der Waals surface area contributed by atoms with Gasteiger partial charge in [0, 0.05) is 31.8 Å². The van der Waals surface area contributed by atoms with Gasteiger partial charge in [0.15, 0.2) is 0 Å². The fourth-order valence-electron chi connectivity index (χ4n) is 2.67. The minimum absolute atomic E-state index is 0.264. The Morgan fingerprint density at radius 2 is 2.16 bits per heavy atom. The maximum absolute atomic E-state index is 9.35. The molecule has 0 amide bonds. The summed E-state index contributed by atoms with van der Waals surface area (Å²) in [4.78, 5) is 11.3. The highest BCUT2D eigenvalue weighted by Gasteiger charge is 2.23. The molecule has 19 heavy (non-hydrogen) atoms. The Morgan fingerprint density at radius 3 is 2.84 bits per heavy atom. The highest BCUT2D eigenvalue weighted by atomic mass is 16.3. The molecule has 2 N–H and O–H groups in total. The predicted octanol–water partition coefficient (Wildman–Crippen LogP) is 1.73. The molecule has 1 unspecified atom stereocenters. The molecule has 1 aromatic heterocycles. The van der Waals surface area contributed by atoms with Crippen molar-refractivity contribution in [1.29, 1.82) is 0 Å². The van der Waals surface area contributed by atoms with Gasteiger partial charge in [-0.25, -0.2) is 9.97 Å². The second-order valence-corrected chi connectivity index (χ2v) is 5.24. The number of piperidine rings is 1. The van der Waals surface area contributed by atoms with Gasteiger partial charge >= 0.3 is 0 Å². The zero-order chi connectivity index (χ0) is 13.8. The molecule has 2 rings (SSSR count). The van der Waals surface area contributed by atoms with Crippen molar-refractivity contribution in [2.24, 2.45) is 5.92 Å². The zero-order valence-corrected chi connectivity index (χ0v) is 12.1. The van der Waals surface area contributed by atoms with Gasteiger partial charge in [0.25, 0.3) is 0 Å². The van der Waals surface area contributed by atoms with Gasteiger partial charge in [0.05, 0.1) is 0 Å². The van der Waals surface area contributed by atoms with E-state index in [0.29, 0.717) is 5.92 Å². The van der Waals surface area contributed by atoms with Crippen LogP contribution in [0.15, 0.2) is 0 Å². The fourth-order valence-corrected chi connectivity index (χ4v) is 2.67. The number of rotatable bonds is 4. The molecular weight excluding hydrogens is 240 g/mol. The van der Waals surface area contributed by atoms with Crippen molar-refractivity contribution in [1.82, 2.24) is 9.97 Å². The van der Waals surface area contributed by atoms with Gasteiger partial charge in [-0.3, -0.25) is 0 Å². The summed E-state index contributed by atoms with van der Waals surface area (Å²) in [5.41, 5.74) is 1.10. The van der Waals surface area contributed by atoms with Gasteiger partial charge in [0.1, 0.15) is 17.5 Å². The van der Waals surface area contributed by atoms with Crippen molar-refractivity contribution in [3.8, 4) is 0 Å². The van der Waals surface area contributed by atoms with Crippen LogP contribution in [-0.4, -0.2) is 41.3 Å². The summed E-state index contributed by atoms with van der Waals surface area (Å²) in [5, 5.41) is 12.6. The Balaban J connectivity index is 2.27. The number of hydrogen-bond donors (Lipinski definition) is 2. The summed E-state index contributed by atoms with van der Waals surface area (Å²) < 4.78 is 0. The molecule has 0 spiro atoms. The van der Waals surface area contributed by atoms with Crippen molar-refractivity contribution < 1.29 is 5.11 Å². The Hall–Kier alpha value is -1.36. The Kier molecular flexibility index (Phi) is 4.58. The molecule has 1 fully saturated rings. The fraction of sp³-hybridized carbons (Fsp3) is 0.714. The molecular formula is C14H24N4O. The smallest absolute Gasteiger partial charge is 0.137 e. The number of aryl methyl sites for hydroxylation is 1. The molecule has 0 aliphatic carbocycles. The van der Waals surface area contributed by atoms with Crippen LogP contribution in [0, 0.1) is 19.8 Å². The summed E-state index contributed by atoms with van der Waals surface area (Å²) >= 11 is 0. The first-order valence-corrected chi connectivity index (χ1v) is 7.10. The number of aliphatic hydroxyl groups is 1. The Labute approximate surface area is 115 Å². The van der Waals surface area contributed by atoms with Gasteiger partial charge in [-0.1, -0.05) is 0 Å². The monoisotopic (exact) mass is 264 g/mol. The third-order valence-corrected chi connectivity index (χ3v) is 3.65. The van der Waals surface area contributed by atoms with Crippen LogP contribution in [-0.2, 0) is 0 Å². The number of aliphatic hydroxyl groups excluding tert-OH is 1. The topological polar surface area (TPSA) is 61.3 Å². The predicted molar refractivity (Wildman–Crippen MR) is 77.7 cm³/mol. The van der Waals surface area contributed by atoms with E-state index in [1.165, 1.54) is 0 Å². The normalized spacial score (nSPS) is 19.6. The highest BCUT2D eigenvalue weighted by Crippen LogP contribution is 2.27. The van der Waals surface area contributed by atoms with Crippen molar-refractivity contribution in [2.75, 3.05) is 36.5 Å². The van der Waals surface area contributed by atoms with Gasteiger partial charge in [-0.2, -0.15) is 0 Å². The minimum atomic E-state index is 0.264. The lowest BCUT2D eigenvalue weighted by molar-refractivity contribution is 0.208. The lowest BCUT2D eigenvalue weighted by Gasteiger charge is -2.34. The molecule has 1 aliphatic heterocycles. The summed E-state index contributed by atoms with van der Waals surface area (Å²) in [6.07, 6.45) is 2.22. The molecule has 0 aromatic carbocycles. The van der Waals surface area contributed by atoms with E-state index in [9.17, 15) is 5.11 Å². The van der Waals surface area contributed by atoms with E-state index in [2.05, 4.69) is 34.0 Å². The van der Waals surface area contributed by atoms with Crippen molar-refractivity contribution in [3.05, 3.63) is 11.4 Å². The Morgan fingerprint density at radius 1 is 1.37 bits per heavy atom. The van der Waals surface area contributed by atoms with Crippen LogP contribution in [0.25, 0.3) is 0 Å². The first-order chi connectivity index (χ1) is 9.15. The molecule has 1 aliphatic rings. The number of nitrogens with one attached hydrogen (secondary N) is 1. The van der Waals surface area contributed by atoms with E-state index in [4.69, 9.17) is 0 Å². The first-order valence-electron chi connectivity index (χ1n) is 7.10. The average Bonchev–Trinajstić information content (AvgIpc) is 2.43. The third-order valence-electron chi connectivity index (χ3n) is 3.65. The van der Waals surface area contributed by atoms with Crippen LogP contribution in [0.2, 0.25) is 0 Å². The second kappa shape index (κ2) is 6.19. The van der Waals surface area contributed by atoms with E-state index in [0.717, 1.165) is 55.5 Å². The van der Waals surface area contributed by atoms with Crippen molar-refractivity contribution in [2.45, 2.75) is 33.6 Å². The van der Waals surface area contributed by atoms with Gasteiger partial charge in [0.2, 0.25) is 0 Å². The van der Waals surface area contributed by atoms with Crippen LogP contribution < -0.4 is 10.2 Å². The molecule has 0 bridgehead atoms. The highest BCUT2D eigenvalue weighted by molar-refractivity contribution is 5.58. The molecule has 106 valence electrons. The van der Waals surface area contributed by atoms with E-state index in [-0.39, 0.29) is 6.61 Å². The molecule has 5 nitrogen and oxygen atoms in total. The number of nitrogens with zero attached hydrogens (tertiary/aromatic N) is 3. The first kappa shape index (κ1) is 14.1. The summed E-state index contributed by atoms with van der Waals surface area (Å²) in [6, 6.07) is 0. The molecule has 5 heteroatoms. The van der Waals surface area contributed by atoms with Gasteiger partial charge < -0.3 is 15.3 Å². The van der Waals surface area contributed by atoms with Gasteiger partial charge in [-0.05, 0) is 39.5 Å².